The third-order valence-electron chi connectivity index (χ3n) is 4.41. The third-order valence-corrected chi connectivity index (χ3v) is 7.11. The van der Waals surface area contributed by atoms with Gasteiger partial charge in [0.25, 0.3) is 0 Å². The van der Waals surface area contributed by atoms with Crippen LogP contribution in [0.2, 0.25) is 5.02 Å². The molecule has 1 aliphatic heterocycles. The van der Waals surface area contributed by atoms with Gasteiger partial charge in [-0.3, -0.25) is 4.72 Å². The van der Waals surface area contributed by atoms with Gasteiger partial charge in [-0.05, 0) is 18.6 Å². The van der Waals surface area contributed by atoms with Crippen LogP contribution in [0.5, 0.6) is 0 Å². The average Bonchev–Trinajstić information content (AvgIpc) is 2.75. The van der Waals surface area contributed by atoms with E-state index in [0.29, 0.717) is 37.6 Å². The van der Waals surface area contributed by atoms with Crippen LogP contribution in [-0.4, -0.2) is 66.6 Å². The van der Waals surface area contributed by atoms with E-state index in [1.54, 1.807) is 19.1 Å². The first-order valence-corrected chi connectivity index (χ1v) is 12.4. The van der Waals surface area contributed by atoms with Crippen LogP contribution in [0, 0.1) is 5.82 Å². The van der Waals surface area contributed by atoms with Gasteiger partial charge < -0.3 is 15.7 Å². The van der Waals surface area contributed by atoms with E-state index in [0.717, 1.165) is 11.8 Å². The molecule has 0 aliphatic carbocycles. The minimum atomic E-state index is -3.79. The van der Waals surface area contributed by atoms with E-state index in [1.165, 1.54) is 16.4 Å². The van der Waals surface area contributed by atoms with Crippen molar-refractivity contribution in [3.05, 3.63) is 40.7 Å². The molecule has 9 nitrogen and oxygen atoms in total. The number of rotatable bonds is 9. The van der Waals surface area contributed by atoms with Gasteiger partial charge in [-0.25, -0.2) is 14.4 Å². The maximum Gasteiger partial charge on any atom is 0.302 e. The highest BCUT2D eigenvalue weighted by Crippen LogP contribution is 2.27. The lowest BCUT2D eigenvalue weighted by molar-refractivity contribution is 0.281. The predicted molar refractivity (Wildman–Crippen MR) is 120 cm³/mol. The summed E-state index contributed by atoms with van der Waals surface area (Å²) < 4.78 is 43.4. The number of aliphatic hydroxyl groups excluding tert-OH is 1. The smallest absolute Gasteiger partial charge is 0.302 e. The maximum atomic E-state index is 14.2. The third kappa shape index (κ3) is 6.64. The van der Waals surface area contributed by atoms with Crippen molar-refractivity contribution in [1.29, 1.82) is 0 Å². The number of halogens is 2. The Kier molecular flexibility index (Phi) is 8.30. The zero-order valence-electron chi connectivity index (χ0n) is 16.8. The van der Waals surface area contributed by atoms with Crippen LogP contribution >= 0.6 is 23.4 Å². The highest BCUT2D eigenvalue weighted by atomic mass is 35.5. The number of aliphatic hydroxyl groups is 1. The highest BCUT2D eigenvalue weighted by Gasteiger charge is 2.24. The Balaban J connectivity index is 1.82. The molecule has 2 heterocycles. The number of benzene rings is 1. The lowest BCUT2D eigenvalue weighted by Crippen LogP contribution is -2.48. The largest absolute Gasteiger partial charge is 0.394 e. The summed E-state index contributed by atoms with van der Waals surface area (Å²) >= 11 is 6.97. The van der Waals surface area contributed by atoms with Gasteiger partial charge in [-0.15, -0.1) is 0 Å². The quantitative estimate of drug-likeness (QED) is 0.311. The fourth-order valence-electron chi connectivity index (χ4n) is 2.80. The number of nitrogens with zero attached hydrogens (tertiary/aromatic N) is 3. The Morgan fingerprint density at radius 3 is 2.74 bits per heavy atom. The van der Waals surface area contributed by atoms with Crippen molar-refractivity contribution >= 4 is 45.2 Å². The summed E-state index contributed by atoms with van der Waals surface area (Å²) in [7, 11) is -3.79. The first kappa shape index (κ1) is 24.0. The van der Waals surface area contributed by atoms with E-state index < -0.39 is 16.0 Å². The first-order chi connectivity index (χ1) is 14.8. The second kappa shape index (κ2) is 10.7. The summed E-state index contributed by atoms with van der Waals surface area (Å²) in [6.45, 7) is 3.45. The number of hydrogen-bond donors (Lipinski definition) is 4. The molecule has 0 saturated carbocycles. The molecular formula is C18H24ClFN6O3S2. The van der Waals surface area contributed by atoms with Crippen LogP contribution in [0.25, 0.3) is 0 Å². The molecule has 13 heteroatoms. The van der Waals surface area contributed by atoms with Gasteiger partial charge in [0.2, 0.25) is 0 Å². The summed E-state index contributed by atoms with van der Waals surface area (Å²) in [5.41, 5.74) is 0.381. The molecule has 4 N–H and O–H groups in total. The molecular weight excluding hydrogens is 467 g/mol. The number of hydrogen-bond acceptors (Lipinski definition) is 8. The Bertz CT molecular complexity index is 1010. The van der Waals surface area contributed by atoms with Crippen molar-refractivity contribution in [2.24, 2.45) is 0 Å². The second-order valence-electron chi connectivity index (χ2n) is 6.91. The molecule has 0 amide bonds. The number of aromatic nitrogens is 2. The van der Waals surface area contributed by atoms with Crippen molar-refractivity contribution in [3.63, 3.8) is 0 Å². The van der Waals surface area contributed by atoms with Crippen LogP contribution in [0.1, 0.15) is 12.5 Å². The monoisotopic (exact) mass is 490 g/mol. The molecule has 0 radical (unpaired) electrons. The predicted octanol–water partition coefficient (Wildman–Crippen LogP) is 1.92. The summed E-state index contributed by atoms with van der Waals surface area (Å²) in [6.07, 6.45) is 0. The molecule has 1 atom stereocenters. The molecule has 31 heavy (non-hydrogen) atoms. The summed E-state index contributed by atoms with van der Waals surface area (Å²) in [4.78, 5) is 8.62. The van der Waals surface area contributed by atoms with E-state index in [1.807, 2.05) is 0 Å². The van der Waals surface area contributed by atoms with Crippen molar-refractivity contribution in [2.75, 3.05) is 42.8 Å². The molecule has 170 valence electrons. The second-order valence-corrected chi connectivity index (χ2v) is 9.93. The van der Waals surface area contributed by atoms with Gasteiger partial charge in [-0.2, -0.15) is 12.7 Å². The van der Waals surface area contributed by atoms with Crippen molar-refractivity contribution in [2.45, 2.75) is 23.9 Å². The van der Waals surface area contributed by atoms with Crippen LogP contribution < -0.4 is 15.4 Å². The fraction of sp³-hybridized carbons (Fsp3) is 0.444. The van der Waals surface area contributed by atoms with E-state index in [2.05, 4.69) is 25.3 Å². The summed E-state index contributed by atoms with van der Waals surface area (Å²) in [5, 5.41) is 15.7. The van der Waals surface area contributed by atoms with E-state index >= 15 is 0 Å². The Morgan fingerprint density at radius 2 is 2.03 bits per heavy atom. The Hall–Kier alpha value is -1.70. The molecule has 1 fully saturated rings. The molecule has 2 aromatic rings. The average molecular weight is 491 g/mol. The zero-order chi connectivity index (χ0) is 22.4. The highest BCUT2D eigenvalue weighted by molar-refractivity contribution is 7.98. The van der Waals surface area contributed by atoms with Crippen LogP contribution in [0.4, 0.5) is 16.0 Å². The topological polar surface area (TPSA) is 119 Å². The SMILES string of the molecule is C[C@H](CO)Nc1cc(NS(=O)(=O)N2CCNCC2)nc(SCc2cccc(Cl)c2F)n1. The van der Waals surface area contributed by atoms with Gasteiger partial charge in [0.05, 0.1) is 11.6 Å². The lowest BCUT2D eigenvalue weighted by Gasteiger charge is -2.26. The van der Waals surface area contributed by atoms with Gasteiger partial charge in [0, 0.05) is 44.0 Å². The Morgan fingerprint density at radius 1 is 1.32 bits per heavy atom. The molecule has 0 bridgehead atoms. The normalized spacial score (nSPS) is 16.1. The van der Waals surface area contributed by atoms with Crippen LogP contribution in [0.15, 0.2) is 29.4 Å². The minimum absolute atomic E-state index is 0.0238. The lowest BCUT2D eigenvalue weighted by atomic mass is 10.2. The minimum Gasteiger partial charge on any atom is -0.394 e. The fourth-order valence-corrected chi connectivity index (χ4v) is 4.99. The van der Waals surface area contributed by atoms with Gasteiger partial charge in [0.1, 0.15) is 17.5 Å². The molecule has 3 rings (SSSR count). The molecule has 1 aliphatic rings. The van der Waals surface area contributed by atoms with E-state index in [9.17, 15) is 17.9 Å². The van der Waals surface area contributed by atoms with Gasteiger partial charge >= 0.3 is 10.2 Å². The van der Waals surface area contributed by atoms with Crippen molar-refractivity contribution < 1.29 is 17.9 Å². The number of nitrogens with one attached hydrogen (secondary N) is 3. The zero-order valence-corrected chi connectivity index (χ0v) is 19.2. The Labute approximate surface area is 190 Å². The first-order valence-electron chi connectivity index (χ1n) is 9.59. The number of piperazine rings is 1. The molecule has 0 unspecified atom stereocenters. The van der Waals surface area contributed by atoms with Crippen LogP contribution in [0.3, 0.4) is 0 Å². The van der Waals surface area contributed by atoms with E-state index in [4.69, 9.17) is 11.6 Å². The van der Waals surface area contributed by atoms with E-state index in [-0.39, 0.29) is 34.4 Å². The maximum absolute atomic E-state index is 14.2. The van der Waals surface area contributed by atoms with Crippen molar-refractivity contribution in [1.82, 2.24) is 19.6 Å². The molecule has 1 aromatic carbocycles. The van der Waals surface area contributed by atoms with Gasteiger partial charge in [-0.1, -0.05) is 35.5 Å². The summed E-state index contributed by atoms with van der Waals surface area (Å²) in [5.74, 6) is 0.105. The van der Waals surface area contributed by atoms with Gasteiger partial charge in [0.15, 0.2) is 5.16 Å². The number of thioether (sulfide) groups is 1. The number of anilines is 2. The molecule has 0 spiro atoms. The molecule has 1 aromatic heterocycles. The molecule has 1 saturated heterocycles. The van der Waals surface area contributed by atoms with Crippen LogP contribution in [-0.2, 0) is 16.0 Å². The van der Waals surface area contributed by atoms with Crippen molar-refractivity contribution in [3.8, 4) is 0 Å². The summed E-state index contributed by atoms with van der Waals surface area (Å²) in [6, 6.07) is 5.87. The standard InChI is InChI=1S/C18H24ClFN6O3S2/c1-12(10-27)22-15-9-16(25-31(28,29)26-7-5-21-6-8-26)24-18(23-15)30-11-13-3-2-4-14(19)17(13)20/h2-4,9,12,21,27H,5-8,10-11H2,1H3,(H2,22,23,24,25)/t12-/m1/s1.